The van der Waals surface area contributed by atoms with Crippen molar-refractivity contribution in [1.82, 2.24) is 9.78 Å². The zero-order chi connectivity index (χ0) is 14.0. The molecule has 0 amide bonds. The van der Waals surface area contributed by atoms with E-state index in [0.29, 0.717) is 0 Å². The van der Waals surface area contributed by atoms with Gasteiger partial charge in [-0.3, -0.25) is 4.68 Å². The molecule has 0 bridgehead atoms. The average molecular weight is 325 g/mol. The number of halogens is 1. The molecule has 2 N–H and O–H groups in total. The number of aromatic nitrogens is 2. The van der Waals surface area contributed by atoms with Crippen LogP contribution < -0.4 is 0 Å². The van der Waals surface area contributed by atoms with Crippen LogP contribution in [0.2, 0.25) is 0 Å². The Morgan fingerprint density at radius 1 is 1.16 bits per heavy atom. The highest BCUT2D eigenvalue weighted by Gasteiger charge is 2.18. The number of hydrogen-bond acceptors (Lipinski definition) is 3. The minimum Gasteiger partial charge on any atom is -0.477 e. The first-order chi connectivity index (χ1) is 8.97. The minimum absolute atomic E-state index is 0.152. The van der Waals surface area contributed by atoms with E-state index in [1.165, 1.54) is 0 Å². The Kier molecular flexibility index (Phi) is 3.66. The predicted octanol–water partition coefficient (Wildman–Crippen LogP) is 2.09. The summed E-state index contributed by atoms with van der Waals surface area (Å²) in [5.41, 5.74) is 0.389. The number of aromatic carboxylic acids is 2. The molecule has 0 unspecified atom stereocenters. The topological polar surface area (TPSA) is 92.4 Å². The Bertz CT molecular complexity index is 634. The first kappa shape index (κ1) is 13.3. The van der Waals surface area contributed by atoms with Crippen LogP contribution in [0.1, 0.15) is 26.5 Å². The number of rotatable bonds is 4. The van der Waals surface area contributed by atoms with Gasteiger partial charge in [0.25, 0.3) is 0 Å². The van der Waals surface area contributed by atoms with Crippen molar-refractivity contribution in [2.24, 2.45) is 0 Å². The summed E-state index contributed by atoms with van der Waals surface area (Å²) in [4.78, 5) is 21.9. The van der Waals surface area contributed by atoms with Crippen molar-refractivity contribution in [1.29, 1.82) is 0 Å². The highest BCUT2D eigenvalue weighted by atomic mass is 79.9. The van der Waals surface area contributed by atoms with Gasteiger partial charge < -0.3 is 10.2 Å². The zero-order valence-corrected chi connectivity index (χ0v) is 11.2. The van der Waals surface area contributed by atoms with Crippen LogP contribution in [-0.2, 0) is 6.54 Å². The van der Waals surface area contributed by atoms with Gasteiger partial charge in [-0.1, -0.05) is 28.1 Å². The van der Waals surface area contributed by atoms with Crippen molar-refractivity contribution in [2.75, 3.05) is 0 Å². The van der Waals surface area contributed by atoms with Crippen LogP contribution >= 0.6 is 15.9 Å². The van der Waals surface area contributed by atoms with Crippen LogP contribution in [0.4, 0.5) is 0 Å². The molecule has 0 saturated carbocycles. The first-order valence-electron chi connectivity index (χ1n) is 5.26. The molecule has 7 heteroatoms. The van der Waals surface area contributed by atoms with Gasteiger partial charge in [0.1, 0.15) is 5.69 Å². The number of nitrogens with zero attached hydrogens (tertiary/aromatic N) is 2. The van der Waals surface area contributed by atoms with Crippen LogP contribution in [0.15, 0.2) is 34.8 Å². The molecule has 19 heavy (non-hydrogen) atoms. The van der Waals surface area contributed by atoms with E-state index in [1.807, 2.05) is 12.1 Å². The lowest BCUT2D eigenvalue weighted by Gasteiger charge is -2.04. The second-order valence-corrected chi connectivity index (χ2v) is 4.72. The number of hydrogen-bond donors (Lipinski definition) is 2. The van der Waals surface area contributed by atoms with E-state index in [2.05, 4.69) is 21.0 Å². The van der Waals surface area contributed by atoms with E-state index >= 15 is 0 Å². The van der Waals surface area contributed by atoms with Gasteiger partial charge in [0.05, 0.1) is 6.54 Å². The number of carboxylic acids is 2. The number of carboxylic acid groups (broad SMARTS) is 2. The third-order valence-electron chi connectivity index (χ3n) is 2.46. The van der Waals surface area contributed by atoms with Crippen molar-refractivity contribution in [3.63, 3.8) is 0 Å². The summed E-state index contributed by atoms with van der Waals surface area (Å²) in [5, 5.41) is 21.6. The number of benzene rings is 1. The average Bonchev–Trinajstić information content (AvgIpc) is 2.76. The molecule has 0 aliphatic heterocycles. The molecule has 2 aromatic rings. The molecular formula is C12H9BrN2O4. The Morgan fingerprint density at radius 3 is 2.32 bits per heavy atom. The van der Waals surface area contributed by atoms with Crippen LogP contribution in [0.5, 0.6) is 0 Å². The van der Waals surface area contributed by atoms with Gasteiger partial charge in [-0.15, -0.1) is 0 Å². The van der Waals surface area contributed by atoms with E-state index in [0.717, 1.165) is 20.8 Å². The summed E-state index contributed by atoms with van der Waals surface area (Å²) < 4.78 is 2.07. The van der Waals surface area contributed by atoms with Crippen molar-refractivity contribution in [3.8, 4) is 0 Å². The molecule has 0 radical (unpaired) electrons. The van der Waals surface area contributed by atoms with E-state index in [1.54, 1.807) is 12.1 Å². The Hall–Kier alpha value is -2.15. The van der Waals surface area contributed by atoms with Crippen molar-refractivity contribution in [3.05, 3.63) is 51.8 Å². The fourth-order valence-electron chi connectivity index (χ4n) is 1.58. The monoisotopic (exact) mass is 324 g/mol. The standard InChI is InChI=1S/C12H9BrN2O4/c13-8-3-1-7(2-4-8)6-15-10(12(18)19)5-9(14-15)11(16)17/h1-5H,6H2,(H,16,17)(H,18,19). The molecule has 0 aliphatic rings. The van der Waals surface area contributed by atoms with Gasteiger partial charge >= 0.3 is 11.9 Å². The van der Waals surface area contributed by atoms with Crippen molar-refractivity contribution >= 4 is 27.9 Å². The summed E-state index contributed by atoms with van der Waals surface area (Å²) in [6.45, 7) is 0.197. The molecule has 0 aliphatic carbocycles. The molecule has 0 spiro atoms. The lowest BCUT2D eigenvalue weighted by molar-refractivity contribution is 0.0676. The fraction of sp³-hybridized carbons (Fsp3) is 0.0833. The maximum absolute atomic E-state index is 11.0. The fourth-order valence-corrected chi connectivity index (χ4v) is 1.84. The van der Waals surface area contributed by atoms with E-state index < -0.39 is 11.9 Å². The van der Waals surface area contributed by atoms with E-state index in [9.17, 15) is 9.59 Å². The highest BCUT2D eigenvalue weighted by molar-refractivity contribution is 9.10. The molecule has 0 fully saturated rings. The molecule has 1 aromatic heterocycles. The second kappa shape index (κ2) is 5.23. The van der Waals surface area contributed by atoms with Crippen LogP contribution in [0.3, 0.4) is 0 Å². The molecular weight excluding hydrogens is 316 g/mol. The van der Waals surface area contributed by atoms with E-state index in [4.69, 9.17) is 10.2 Å². The van der Waals surface area contributed by atoms with E-state index in [-0.39, 0.29) is 17.9 Å². The third kappa shape index (κ3) is 3.00. The van der Waals surface area contributed by atoms with Gasteiger partial charge in [-0.25, -0.2) is 9.59 Å². The maximum Gasteiger partial charge on any atom is 0.356 e. The molecule has 1 heterocycles. The molecule has 0 atom stereocenters. The summed E-state index contributed by atoms with van der Waals surface area (Å²) in [6, 6.07) is 8.29. The zero-order valence-electron chi connectivity index (χ0n) is 9.58. The van der Waals surface area contributed by atoms with Gasteiger partial charge in [-0.2, -0.15) is 5.10 Å². The predicted molar refractivity (Wildman–Crippen MR) is 69.4 cm³/mol. The van der Waals surface area contributed by atoms with Gasteiger partial charge in [0, 0.05) is 10.5 Å². The number of carbonyl (C=O) groups is 2. The first-order valence-corrected chi connectivity index (χ1v) is 6.05. The Labute approximate surface area is 116 Å². The molecule has 1 aromatic carbocycles. The summed E-state index contributed by atoms with van der Waals surface area (Å²) in [5.74, 6) is -2.46. The minimum atomic E-state index is -1.25. The summed E-state index contributed by atoms with van der Waals surface area (Å²) >= 11 is 3.30. The molecule has 6 nitrogen and oxygen atoms in total. The van der Waals surface area contributed by atoms with Crippen LogP contribution in [0, 0.1) is 0 Å². The maximum atomic E-state index is 11.0. The van der Waals surface area contributed by atoms with Crippen molar-refractivity contribution < 1.29 is 19.8 Å². The normalized spacial score (nSPS) is 10.4. The van der Waals surface area contributed by atoms with Crippen LogP contribution in [0.25, 0.3) is 0 Å². The highest BCUT2D eigenvalue weighted by Crippen LogP contribution is 2.13. The second-order valence-electron chi connectivity index (χ2n) is 3.81. The summed E-state index contributed by atoms with van der Waals surface area (Å²) in [6.07, 6.45) is 0. The van der Waals surface area contributed by atoms with Crippen LogP contribution in [-0.4, -0.2) is 31.9 Å². The lowest BCUT2D eigenvalue weighted by Crippen LogP contribution is -2.11. The van der Waals surface area contributed by atoms with Gasteiger partial charge in [0.2, 0.25) is 0 Å². The quantitative estimate of drug-likeness (QED) is 0.898. The smallest absolute Gasteiger partial charge is 0.356 e. The SMILES string of the molecule is O=C(O)c1cc(C(=O)O)n(Cc2ccc(Br)cc2)n1. The molecule has 2 rings (SSSR count). The van der Waals surface area contributed by atoms with Gasteiger partial charge in [-0.05, 0) is 17.7 Å². The third-order valence-corrected chi connectivity index (χ3v) is 2.99. The largest absolute Gasteiger partial charge is 0.477 e. The van der Waals surface area contributed by atoms with Gasteiger partial charge in [0.15, 0.2) is 5.69 Å². The Balaban J connectivity index is 2.35. The lowest BCUT2D eigenvalue weighted by atomic mass is 10.2. The Morgan fingerprint density at radius 2 is 1.79 bits per heavy atom. The van der Waals surface area contributed by atoms with Crippen molar-refractivity contribution in [2.45, 2.75) is 6.54 Å². The molecule has 98 valence electrons. The summed E-state index contributed by atoms with van der Waals surface area (Å²) in [7, 11) is 0. The molecule has 0 saturated heterocycles.